The first-order valence-corrected chi connectivity index (χ1v) is 9.38. The van der Waals surface area contributed by atoms with Gasteiger partial charge < -0.3 is 9.47 Å². The normalized spacial score (nSPS) is 10.7. The minimum atomic E-state index is -1.58. The molecule has 0 aromatic heterocycles. The Morgan fingerprint density at radius 1 is 0.815 bits per heavy atom. The number of esters is 2. The zero-order valence-corrected chi connectivity index (χ0v) is 15.7. The van der Waals surface area contributed by atoms with Crippen LogP contribution < -0.4 is 0 Å². The smallest absolute Gasteiger partial charge is 0.306 e. The Bertz CT molecular complexity index is 582. The highest BCUT2D eigenvalue weighted by atomic mass is 19.2. The molecule has 4 nitrogen and oxygen atoms in total. The number of benzene rings is 1. The fraction of sp³-hybridized carbons (Fsp3) is 0.600. The van der Waals surface area contributed by atoms with E-state index in [4.69, 9.17) is 9.47 Å². The summed E-state index contributed by atoms with van der Waals surface area (Å²) in [5.41, 5.74) is -0.0127. The van der Waals surface area contributed by atoms with Crippen LogP contribution in [0, 0.1) is 17.5 Å². The molecule has 0 spiro atoms. The minimum Gasteiger partial charge on any atom is -0.466 e. The van der Waals surface area contributed by atoms with Gasteiger partial charge in [-0.3, -0.25) is 9.59 Å². The van der Waals surface area contributed by atoms with Crippen LogP contribution in [0.15, 0.2) is 12.1 Å². The first-order chi connectivity index (χ1) is 12.9. The van der Waals surface area contributed by atoms with E-state index in [1.807, 2.05) is 0 Å². The molecule has 1 aromatic carbocycles. The number of hydrogen-bond donors (Lipinski definition) is 0. The Morgan fingerprint density at radius 3 is 1.93 bits per heavy atom. The lowest BCUT2D eigenvalue weighted by atomic mass is 10.1. The lowest BCUT2D eigenvalue weighted by Gasteiger charge is -2.07. The highest BCUT2D eigenvalue weighted by Gasteiger charge is 2.13. The zero-order chi connectivity index (χ0) is 20.1. The van der Waals surface area contributed by atoms with Crippen LogP contribution in [-0.2, 0) is 25.7 Å². The maximum atomic E-state index is 13.1. The third kappa shape index (κ3) is 10.0. The quantitative estimate of drug-likeness (QED) is 0.264. The standard InChI is InChI=1S/C20H27F3O4/c1-2-3-4-5-6-7-8-11-26-18(24)9-10-19(25)27-14-15-12-16(21)20(23)17(22)13-15/h12-13H,2-11,14H2,1H3. The third-order valence-corrected chi connectivity index (χ3v) is 3.99. The summed E-state index contributed by atoms with van der Waals surface area (Å²) in [7, 11) is 0. The summed E-state index contributed by atoms with van der Waals surface area (Å²) in [6, 6.07) is 1.50. The molecule has 0 radical (unpaired) electrons. The van der Waals surface area contributed by atoms with Crippen molar-refractivity contribution >= 4 is 11.9 Å². The van der Waals surface area contributed by atoms with Gasteiger partial charge in [-0.2, -0.15) is 0 Å². The fourth-order valence-corrected chi connectivity index (χ4v) is 2.45. The van der Waals surface area contributed by atoms with Crippen LogP contribution in [0.3, 0.4) is 0 Å². The highest BCUT2D eigenvalue weighted by Crippen LogP contribution is 2.14. The summed E-state index contributed by atoms with van der Waals surface area (Å²) in [5, 5.41) is 0. The van der Waals surface area contributed by atoms with Gasteiger partial charge in [0, 0.05) is 0 Å². The first kappa shape index (κ1) is 23.0. The predicted octanol–water partition coefficient (Wildman–Crippen LogP) is 5.22. The molecule has 0 saturated carbocycles. The van der Waals surface area contributed by atoms with Crippen molar-refractivity contribution in [3.05, 3.63) is 35.1 Å². The molecule has 0 fully saturated rings. The molecule has 27 heavy (non-hydrogen) atoms. The van der Waals surface area contributed by atoms with Crippen molar-refractivity contribution in [2.75, 3.05) is 6.61 Å². The van der Waals surface area contributed by atoms with Crippen LogP contribution in [0.4, 0.5) is 13.2 Å². The van der Waals surface area contributed by atoms with Crippen molar-refractivity contribution in [1.29, 1.82) is 0 Å². The third-order valence-electron chi connectivity index (χ3n) is 3.99. The second-order valence-corrected chi connectivity index (χ2v) is 6.38. The van der Waals surface area contributed by atoms with Crippen LogP contribution in [0.5, 0.6) is 0 Å². The van der Waals surface area contributed by atoms with Gasteiger partial charge in [-0.25, -0.2) is 13.2 Å². The second-order valence-electron chi connectivity index (χ2n) is 6.38. The van der Waals surface area contributed by atoms with E-state index in [1.54, 1.807) is 0 Å². The van der Waals surface area contributed by atoms with Gasteiger partial charge in [-0.15, -0.1) is 0 Å². The monoisotopic (exact) mass is 388 g/mol. The molecule has 0 aliphatic heterocycles. The van der Waals surface area contributed by atoms with Crippen molar-refractivity contribution in [2.24, 2.45) is 0 Å². The SMILES string of the molecule is CCCCCCCCCOC(=O)CCC(=O)OCc1cc(F)c(F)c(F)c1. The molecule has 0 atom stereocenters. The molecule has 0 bridgehead atoms. The molecule has 0 N–H and O–H groups in total. The Kier molecular flexibility index (Phi) is 11.2. The molecule has 0 unspecified atom stereocenters. The Morgan fingerprint density at radius 2 is 1.33 bits per heavy atom. The van der Waals surface area contributed by atoms with Gasteiger partial charge in [0.25, 0.3) is 0 Å². The van der Waals surface area contributed by atoms with Crippen LogP contribution in [0.25, 0.3) is 0 Å². The number of rotatable bonds is 13. The zero-order valence-electron chi connectivity index (χ0n) is 15.7. The summed E-state index contributed by atoms with van der Waals surface area (Å²) in [6.07, 6.45) is 7.48. The van der Waals surface area contributed by atoms with Crippen molar-refractivity contribution in [3.63, 3.8) is 0 Å². The molecule has 0 aliphatic carbocycles. The molecule has 0 aliphatic rings. The molecular formula is C20H27F3O4. The predicted molar refractivity (Wildman–Crippen MR) is 94.3 cm³/mol. The summed E-state index contributed by atoms with van der Waals surface area (Å²) in [4.78, 5) is 23.1. The maximum Gasteiger partial charge on any atom is 0.306 e. The van der Waals surface area contributed by atoms with Gasteiger partial charge >= 0.3 is 11.9 Å². The van der Waals surface area contributed by atoms with Crippen molar-refractivity contribution < 1.29 is 32.2 Å². The van der Waals surface area contributed by atoms with Crippen molar-refractivity contribution in [3.8, 4) is 0 Å². The van der Waals surface area contributed by atoms with E-state index in [1.165, 1.54) is 25.7 Å². The van der Waals surface area contributed by atoms with Gasteiger partial charge in [-0.1, -0.05) is 45.4 Å². The van der Waals surface area contributed by atoms with Gasteiger partial charge in [-0.05, 0) is 24.1 Å². The molecular weight excluding hydrogens is 361 g/mol. The second kappa shape index (κ2) is 13.2. The average molecular weight is 388 g/mol. The molecule has 1 aromatic rings. The lowest BCUT2D eigenvalue weighted by molar-refractivity contribution is -0.151. The van der Waals surface area contributed by atoms with Gasteiger partial charge in [0.2, 0.25) is 0 Å². The maximum absolute atomic E-state index is 13.1. The number of carbonyl (C=O) groups is 2. The molecule has 0 heterocycles. The number of hydrogen-bond acceptors (Lipinski definition) is 4. The largest absolute Gasteiger partial charge is 0.466 e. The minimum absolute atomic E-state index is 0.0127. The molecule has 0 amide bonds. The number of ether oxygens (including phenoxy) is 2. The van der Waals surface area contributed by atoms with E-state index in [0.29, 0.717) is 6.61 Å². The Labute approximate surface area is 158 Å². The van der Waals surface area contributed by atoms with Gasteiger partial charge in [0.1, 0.15) is 6.61 Å². The molecule has 152 valence electrons. The lowest BCUT2D eigenvalue weighted by Crippen LogP contribution is -2.11. The number of halogens is 3. The van der Waals surface area contributed by atoms with E-state index in [0.717, 1.165) is 31.4 Å². The molecule has 1 rings (SSSR count). The van der Waals surface area contributed by atoms with Crippen LogP contribution in [-0.4, -0.2) is 18.5 Å². The Hall–Kier alpha value is -2.05. The summed E-state index contributed by atoms with van der Waals surface area (Å²) in [6.45, 7) is 2.09. The van der Waals surface area contributed by atoms with Gasteiger partial charge in [0.05, 0.1) is 19.4 Å². The van der Waals surface area contributed by atoms with Crippen molar-refractivity contribution in [2.45, 2.75) is 71.3 Å². The summed E-state index contributed by atoms with van der Waals surface area (Å²) in [5.74, 6) is -5.47. The van der Waals surface area contributed by atoms with Crippen LogP contribution in [0.2, 0.25) is 0 Å². The van der Waals surface area contributed by atoms with Crippen molar-refractivity contribution in [1.82, 2.24) is 0 Å². The number of carbonyl (C=O) groups excluding carboxylic acids is 2. The molecule has 0 saturated heterocycles. The molecule has 7 heteroatoms. The average Bonchev–Trinajstić information content (AvgIpc) is 2.64. The number of unbranched alkanes of at least 4 members (excludes halogenated alkanes) is 6. The van der Waals surface area contributed by atoms with E-state index in [-0.39, 0.29) is 18.4 Å². The Balaban J connectivity index is 2.11. The van der Waals surface area contributed by atoms with Crippen LogP contribution in [0.1, 0.15) is 70.3 Å². The highest BCUT2D eigenvalue weighted by molar-refractivity contribution is 5.77. The van der Waals surface area contributed by atoms with E-state index in [9.17, 15) is 22.8 Å². The topological polar surface area (TPSA) is 52.6 Å². The van der Waals surface area contributed by atoms with E-state index < -0.39 is 36.0 Å². The fourth-order valence-electron chi connectivity index (χ4n) is 2.45. The van der Waals surface area contributed by atoms with E-state index in [2.05, 4.69) is 6.92 Å². The van der Waals surface area contributed by atoms with E-state index >= 15 is 0 Å². The first-order valence-electron chi connectivity index (χ1n) is 9.38. The summed E-state index contributed by atoms with van der Waals surface area (Å²) < 4.78 is 48.8. The van der Waals surface area contributed by atoms with Gasteiger partial charge in [0.15, 0.2) is 17.5 Å². The van der Waals surface area contributed by atoms with Crippen LogP contribution >= 0.6 is 0 Å². The summed E-state index contributed by atoms with van der Waals surface area (Å²) >= 11 is 0.